The molecule has 4 nitrogen and oxygen atoms in total. The molecule has 0 fully saturated rings. The number of rotatable bonds is 8. The second kappa shape index (κ2) is 16.9. The third kappa shape index (κ3) is 6.69. The van der Waals surface area contributed by atoms with E-state index in [2.05, 4.69) is 297 Å². The summed E-state index contributed by atoms with van der Waals surface area (Å²) in [5, 5.41) is 7.21. The normalized spacial score (nSPS) is 11.8. The van der Waals surface area contributed by atoms with Gasteiger partial charge in [-0.25, -0.2) is 0 Å². The van der Waals surface area contributed by atoms with Gasteiger partial charge in [0.25, 0.3) is 0 Å². The van der Waals surface area contributed by atoms with Gasteiger partial charge in [-0.15, -0.1) is 0 Å². The first kappa shape index (κ1) is 41.8. The lowest BCUT2D eigenvalue weighted by Gasteiger charge is -2.14. The van der Waals surface area contributed by atoms with Crippen molar-refractivity contribution in [3.05, 3.63) is 279 Å². The lowest BCUT2D eigenvalue weighted by Crippen LogP contribution is -1.98. The van der Waals surface area contributed by atoms with E-state index in [0.717, 1.165) is 56.3 Å². The van der Waals surface area contributed by atoms with Gasteiger partial charge in [-0.2, -0.15) is 0 Å². The van der Waals surface area contributed by atoms with E-state index in [4.69, 9.17) is 0 Å². The molecular weight excluding hydrogens is 897 g/mol. The van der Waals surface area contributed by atoms with Crippen LogP contribution in [0.4, 0.5) is 0 Å². The number of nitrogens with zero attached hydrogens (tertiary/aromatic N) is 4. The van der Waals surface area contributed by atoms with Crippen molar-refractivity contribution in [3.63, 3.8) is 0 Å². The van der Waals surface area contributed by atoms with E-state index in [-0.39, 0.29) is 0 Å². The van der Waals surface area contributed by atoms with Crippen molar-refractivity contribution in [2.45, 2.75) is 0 Å². The third-order valence-corrected chi connectivity index (χ3v) is 15.2. The van der Waals surface area contributed by atoms with Crippen molar-refractivity contribution in [2.75, 3.05) is 0 Å². The molecule has 0 radical (unpaired) electrons. The molecule has 0 aliphatic rings. The minimum Gasteiger partial charge on any atom is -0.309 e. The van der Waals surface area contributed by atoms with Crippen LogP contribution in [-0.4, -0.2) is 18.3 Å². The first-order valence-corrected chi connectivity index (χ1v) is 25.4. The molecule has 0 atom stereocenters. The molecule has 0 saturated carbocycles. The van der Waals surface area contributed by atoms with E-state index in [1.807, 2.05) is 0 Å². The van der Waals surface area contributed by atoms with Crippen molar-refractivity contribution in [3.8, 4) is 67.5 Å². The smallest absolute Gasteiger partial charge is 0.0542 e. The van der Waals surface area contributed by atoms with E-state index < -0.39 is 0 Å². The first-order valence-electron chi connectivity index (χ1n) is 25.4. The quantitative estimate of drug-likeness (QED) is 0.145. The number of hydrogen-bond donors (Lipinski definition) is 0. The van der Waals surface area contributed by atoms with Crippen LogP contribution in [0.3, 0.4) is 0 Å². The summed E-state index contributed by atoms with van der Waals surface area (Å²) in [6.45, 7) is 0. The number of hydrogen-bond acceptors (Lipinski definition) is 0. The number of fused-ring (bicyclic) bond motifs is 8. The van der Waals surface area contributed by atoms with E-state index in [9.17, 15) is 0 Å². The Morgan fingerprint density at radius 1 is 0.176 bits per heavy atom. The van der Waals surface area contributed by atoms with Gasteiger partial charge in [-0.1, -0.05) is 182 Å². The highest BCUT2D eigenvalue weighted by molar-refractivity contribution is 6.12. The van der Waals surface area contributed by atoms with Crippen LogP contribution in [0.1, 0.15) is 0 Å². The summed E-state index contributed by atoms with van der Waals surface area (Å²) in [6, 6.07) is 102. The van der Waals surface area contributed by atoms with Crippen LogP contribution in [0.5, 0.6) is 0 Å². The summed E-state index contributed by atoms with van der Waals surface area (Å²) in [5.41, 5.74) is 20.9. The Bertz CT molecular complexity index is 4300. The van der Waals surface area contributed by atoms with Gasteiger partial charge >= 0.3 is 0 Å². The van der Waals surface area contributed by atoms with E-state index in [1.54, 1.807) is 0 Å². The molecule has 0 aliphatic heterocycles. The maximum Gasteiger partial charge on any atom is 0.0542 e. The van der Waals surface area contributed by atoms with Crippen LogP contribution in [0.15, 0.2) is 279 Å². The summed E-state index contributed by atoms with van der Waals surface area (Å²) in [5.74, 6) is 0. The fraction of sp³-hybridized carbons (Fsp3) is 0. The van der Waals surface area contributed by atoms with Gasteiger partial charge in [0.05, 0.1) is 44.5 Å². The maximum atomic E-state index is 2.48. The summed E-state index contributed by atoms with van der Waals surface area (Å²) in [4.78, 5) is 0. The standard InChI is InChI=1S/C70H46N4/c1-5-17-47(18-6-1)49-29-33-51(34-30-49)67-41-53-43-70-54(44-69(53)73(67)57-37-39-65-61(45-57)59-25-13-15-27-63(59)71(65)55-21-9-3-10-22-55)42-68(52-35-31-50(32-36-52)48-19-7-2-8-20-48)74(70)58-38-40-66-62(46-58)60-26-14-16-28-64(60)72(66)56-23-11-4-12-24-56/h1-46H. The first-order chi connectivity index (χ1) is 36.7. The molecule has 346 valence electrons. The van der Waals surface area contributed by atoms with Crippen LogP contribution < -0.4 is 0 Å². The number of aromatic nitrogens is 4. The molecule has 0 bridgehead atoms. The Balaban J connectivity index is 0.977. The number of para-hydroxylation sites is 4. The summed E-state index contributed by atoms with van der Waals surface area (Å²) in [6.07, 6.45) is 0. The Morgan fingerprint density at radius 3 is 0.905 bits per heavy atom. The van der Waals surface area contributed by atoms with Crippen LogP contribution in [0.2, 0.25) is 0 Å². The second-order valence-corrected chi connectivity index (χ2v) is 19.4. The van der Waals surface area contributed by atoms with Crippen LogP contribution >= 0.6 is 0 Å². The molecule has 0 spiro atoms. The maximum absolute atomic E-state index is 2.48. The van der Waals surface area contributed by atoms with E-state index >= 15 is 0 Å². The zero-order valence-electron chi connectivity index (χ0n) is 40.3. The zero-order valence-corrected chi connectivity index (χ0v) is 40.3. The van der Waals surface area contributed by atoms with Gasteiger partial charge in [-0.05, 0) is 130 Å². The van der Waals surface area contributed by atoms with Crippen LogP contribution in [0, 0.1) is 0 Å². The predicted molar refractivity (Wildman–Crippen MR) is 311 cm³/mol. The SMILES string of the molecule is c1ccc(-c2ccc(-c3cc4cc5c(cc(-c6ccc(-c7ccccc7)cc6)n5-c5ccc6c(c5)c5ccccc5n6-c5ccccc5)cc4n3-c3ccc4c(c3)c3ccccc3n4-c3ccccc3)cc2)cc1. The van der Waals surface area contributed by atoms with Gasteiger partial charge in [0, 0.05) is 55.1 Å². The molecule has 0 N–H and O–H groups in total. The highest BCUT2D eigenvalue weighted by Crippen LogP contribution is 2.42. The Kier molecular flexibility index (Phi) is 9.54. The highest BCUT2D eigenvalue weighted by Gasteiger charge is 2.22. The van der Waals surface area contributed by atoms with Crippen LogP contribution in [-0.2, 0) is 0 Å². The monoisotopic (exact) mass is 942 g/mol. The van der Waals surface area contributed by atoms with Crippen molar-refractivity contribution in [2.24, 2.45) is 0 Å². The predicted octanol–water partition coefficient (Wildman–Crippen LogP) is 18.4. The fourth-order valence-electron chi connectivity index (χ4n) is 11.7. The number of benzene rings is 11. The lowest BCUT2D eigenvalue weighted by atomic mass is 10.0. The average molecular weight is 943 g/mol. The minimum absolute atomic E-state index is 1.11. The average Bonchev–Trinajstić information content (AvgIpc) is 4.23. The fourth-order valence-corrected chi connectivity index (χ4v) is 11.7. The summed E-state index contributed by atoms with van der Waals surface area (Å²) < 4.78 is 9.75. The second-order valence-electron chi connectivity index (χ2n) is 19.4. The van der Waals surface area contributed by atoms with Gasteiger partial charge in [-0.3, -0.25) is 0 Å². The van der Waals surface area contributed by atoms with Crippen molar-refractivity contribution >= 4 is 65.4 Å². The lowest BCUT2D eigenvalue weighted by molar-refractivity contribution is 1.13. The van der Waals surface area contributed by atoms with Crippen molar-refractivity contribution in [1.29, 1.82) is 0 Å². The van der Waals surface area contributed by atoms with Crippen molar-refractivity contribution in [1.82, 2.24) is 18.3 Å². The van der Waals surface area contributed by atoms with Gasteiger partial charge in [0.2, 0.25) is 0 Å². The Hall–Kier alpha value is -9.90. The Labute approximate surface area is 428 Å². The van der Waals surface area contributed by atoms with Gasteiger partial charge in [0.15, 0.2) is 0 Å². The zero-order chi connectivity index (χ0) is 48.7. The molecule has 4 heterocycles. The molecular formula is C70H46N4. The van der Waals surface area contributed by atoms with Gasteiger partial charge < -0.3 is 18.3 Å². The third-order valence-electron chi connectivity index (χ3n) is 15.2. The minimum atomic E-state index is 1.11. The largest absolute Gasteiger partial charge is 0.309 e. The molecule has 74 heavy (non-hydrogen) atoms. The topological polar surface area (TPSA) is 19.7 Å². The van der Waals surface area contributed by atoms with E-state index in [1.165, 1.54) is 76.6 Å². The molecule has 11 aromatic carbocycles. The Morgan fingerprint density at radius 2 is 0.500 bits per heavy atom. The highest BCUT2D eigenvalue weighted by atomic mass is 15.0. The molecule has 0 amide bonds. The summed E-state index contributed by atoms with van der Waals surface area (Å²) >= 11 is 0. The van der Waals surface area contributed by atoms with Crippen molar-refractivity contribution < 1.29 is 0 Å². The van der Waals surface area contributed by atoms with E-state index in [0.29, 0.717) is 0 Å². The molecule has 0 aliphatic carbocycles. The molecule has 0 saturated heterocycles. The van der Waals surface area contributed by atoms with Gasteiger partial charge in [0.1, 0.15) is 0 Å². The molecule has 15 aromatic rings. The molecule has 4 aromatic heterocycles. The van der Waals surface area contributed by atoms with Crippen LogP contribution in [0.25, 0.3) is 133 Å². The molecule has 4 heteroatoms. The molecule has 15 rings (SSSR count). The molecule has 0 unspecified atom stereocenters. The summed E-state index contributed by atoms with van der Waals surface area (Å²) in [7, 11) is 0.